The van der Waals surface area contributed by atoms with Gasteiger partial charge in [0.25, 0.3) is 0 Å². The van der Waals surface area contributed by atoms with E-state index in [1.54, 1.807) is 18.3 Å². The van der Waals surface area contributed by atoms with Gasteiger partial charge in [0.05, 0.1) is 11.3 Å². The predicted octanol–water partition coefficient (Wildman–Crippen LogP) is 2.41. The minimum atomic E-state index is -0.493. The molecule has 0 atom stereocenters. The molecule has 1 aromatic rings. The molecule has 1 aliphatic rings. The van der Waals surface area contributed by atoms with E-state index >= 15 is 0 Å². The zero-order valence-corrected chi connectivity index (χ0v) is 11.7. The standard InChI is InChI=1S/C15H20N2O2/c1-15(2,3)19-14(18)12-5-4-8-17-13(12)11-6-9-16-10-7-11/h4-6,8,16H,7,9-10H2,1-3H3. The van der Waals surface area contributed by atoms with Crippen LogP contribution < -0.4 is 5.32 Å². The van der Waals surface area contributed by atoms with Gasteiger partial charge >= 0.3 is 5.97 Å². The molecule has 19 heavy (non-hydrogen) atoms. The Morgan fingerprint density at radius 2 is 2.21 bits per heavy atom. The molecule has 1 aromatic heterocycles. The summed E-state index contributed by atoms with van der Waals surface area (Å²) in [6.45, 7) is 7.33. The number of pyridine rings is 1. The molecule has 1 N–H and O–H groups in total. The summed E-state index contributed by atoms with van der Waals surface area (Å²) in [5.74, 6) is -0.310. The molecule has 0 amide bonds. The molecule has 0 spiro atoms. The molecule has 2 heterocycles. The molecule has 0 unspecified atom stereocenters. The van der Waals surface area contributed by atoms with Crippen molar-refractivity contribution in [2.75, 3.05) is 13.1 Å². The fourth-order valence-electron chi connectivity index (χ4n) is 2.00. The monoisotopic (exact) mass is 260 g/mol. The van der Waals surface area contributed by atoms with Crippen molar-refractivity contribution in [3.63, 3.8) is 0 Å². The Morgan fingerprint density at radius 3 is 2.84 bits per heavy atom. The van der Waals surface area contributed by atoms with Crippen molar-refractivity contribution in [1.82, 2.24) is 10.3 Å². The first kappa shape index (κ1) is 13.7. The molecular formula is C15H20N2O2. The molecule has 2 rings (SSSR count). The quantitative estimate of drug-likeness (QED) is 0.830. The van der Waals surface area contributed by atoms with Crippen LogP contribution in [0.2, 0.25) is 0 Å². The van der Waals surface area contributed by atoms with E-state index in [1.807, 2.05) is 20.8 Å². The molecule has 0 saturated carbocycles. The second-order valence-corrected chi connectivity index (χ2v) is 5.58. The van der Waals surface area contributed by atoms with Crippen molar-refractivity contribution in [3.05, 3.63) is 35.7 Å². The van der Waals surface area contributed by atoms with Crippen LogP contribution in [0.3, 0.4) is 0 Å². The van der Waals surface area contributed by atoms with Gasteiger partial charge < -0.3 is 10.1 Å². The van der Waals surface area contributed by atoms with Gasteiger partial charge in [-0.05, 0) is 51.4 Å². The molecule has 0 fully saturated rings. The average Bonchev–Trinajstić information content (AvgIpc) is 2.38. The van der Waals surface area contributed by atoms with Gasteiger partial charge in [-0.3, -0.25) is 4.98 Å². The first-order chi connectivity index (χ1) is 8.97. The summed E-state index contributed by atoms with van der Waals surface area (Å²) in [7, 11) is 0. The number of nitrogens with zero attached hydrogens (tertiary/aromatic N) is 1. The molecule has 0 saturated heterocycles. The molecule has 4 nitrogen and oxygen atoms in total. The lowest BCUT2D eigenvalue weighted by atomic mass is 10.0. The van der Waals surface area contributed by atoms with E-state index in [-0.39, 0.29) is 5.97 Å². The van der Waals surface area contributed by atoms with E-state index in [9.17, 15) is 4.79 Å². The Balaban J connectivity index is 2.31. The molecule has 0 radical (unpaired) electrons. The van der Waals surface area contributed by atoms with Crippen molar-refractivity contribution in [2.45, 2.75) is 32.8 Å². The Morgan fingerprint density at radius 1 is 1.42 bits per heavy atom. The lowest BCUT2D eigenvalue weighted by Crippen LogP contribution is -2.25. The number of nitrogens with one attached hydrogen (secondary N) is 1. The highest BCUT2D eigenvalue weighted by molar-refractivity contribution is 5.94. The van der Waals surface area contributed by atoms with E-state index in [1.165, 1.54) is 0 Å². The van der Waals surface area contributed by atoms with Crippen LogP contribution in [0.25, 0.3) is 5.57 Å². The van der Waals surface area contributed by atoms with Crippen molar-refractivity contribution >= 4 is 11.5 Å². The number of aromatic nitrogens is 1. The van der Waals surface area contributed by atoms with Crippen LogP contribution >= 0.6 is 0 Å². The van der Waals surface area contributed by atoms with Gasteiger partial charge in [-0.25, -0.2) is 4.79 Å². The van der Waals surface area contributed by atoms with Crippen LogP contribution in [0, 0.1) is 0 Å². The maximum atomic E-state index is 12.2. The predicted molar refractivity (Wildman–Crippen MR) is 74.9 cm³/mol. The van der Waals surface area contributed by atoms with Gasteiger partial charge in [-0.2, -0.15) is 0 Å². The smallest absolute Gasteiger partial charge is 0.340 e. The van der Waals surface area contributed by atoms with Gasteiger partial charge in [0.15, 0.2) is 0 Å². The maximum Gasteiger partial charge on any atom is 0.340 e. The third-order valence-electron chi connectivity index (χ3n) is 2.79. The Labute approximate surface area is 113 Å². The van der Waals surface area contributed by atoms with Crippen LogP contribution in [0.5, 0.6) is 0 Å². The van der Waals surface area contributed by atoms with Crippen molar-refractivity contribution in [1.29, 1.82) is 0 Å². The molecule has 0 aliphatic carbocycles. The summed E-state index contributed by atoms with van der Waals surface area (Å²) in [6.07, 6.45) is 4.68. The van der Waals surface area contributed by atoms with Crippen LogP contribution in [0.1, 0.15) is 43.2 Å². The zero-order chi connectivity index (χ0) is 13.9. The fourth-order valence-corrected chi connectivity index (χ4v) is 2.00. The molecular weight excluding hydrogens is 240 g/mol. The largest absolute Gasteiger partial charge is 0.456 e. The van der Waals surface area contributed by atoms with Crippen molar-refractivity contribution in [2.24, 2.45) is 0 Å². The van der Waals surface area contributed by atoms with Crippen molar-refractivity contribution in [3.8, 4) is 0 Å². The highest BCUT2D eigenvalue weighted by Crippen LogP contribution is 2.23. The molecule has 0 bridgehead atoms. The lowest BCUT2D eigenvalue weighted by molar-refractivity contribution is 0.00687. The minimum Gasteiger partial charge on any atom is -0.456 e. The number of hydrogen-bond donors (Lipinski definition) is 1. The van der Waals surface area contributed by atoms with Crippen molar-refractivity contribution < 1.29 is 9.53 Å². The molecule has 0 aromatic carbocycles. The van der Waals surface area contributed by atoms with E-state index < -0.39 is 5.60 Å². The van der Waals surface area contributed by atoms with E-state index in [0.717, 1.165) is 30.8 Å². The Bertz CT molecular complexity index is 501. The number of hydrogen-bond acceptors (Lipinski definition) is 4. The number of rotatable bonds is 2. The zero-order valence-electron chi connectivity index (χ0n) is 11.7. The summed E-state index contributed by atoms with van der Waals surface area (Å²) < 4.78 is 5.43. The Hall–Kier alpha value is -1.68. The second kappa shape index (κ2) is 5.53. The van der Waals surface area contributed by atoms with Gasteiger partial charge in [-0.15, -0.1) is 0 Å². The van der Waals surface area contributed by atoms with Crippen LogP contribution in [0.15, 0.2) is 24.4 Å². The topological polar surface area (TPSA) is 51.2 Å². The number of carbonyl (C=O) groups excluding carboxylic acids is 1. The average molecular weight is 260 g/mol. The Kier molecular flexibility index (Phi) is 4.00. The first-order valence-electron chi connectivity index (χ1n) is 6.56. The van der Waals surface area contributed by atoms with Gasteiger partial charge in [-0.1, -0.05) is 6.08 Å². The van der Waals surface area contributed by atoms with Gasteiger partial charge in [0.1, 0.15) is 5.60 Å². The SMILES string of the molecule is CC(C)(C)OC(=O)c1cccnc1C1=CCNCC1. The highest BCUT2D eigenvalue weighted by Gasteiger charge is 2.22. The minimum absolute atomic E-state index is 0.310. The summed E-state index contributed by atoms with van der Waals surface area (Å²) >= 11 is 0. The van der Waals surface area contributed by atoms with Crippen LogP contribution in [0.4, 0.5) is 0 Å². The van der Waals surface area contributed by atoms with E-state index in [0.29, 0.717) is 5.56 Å². The van der Waals surface area contributed by atoms with Crippen LogP contribution in [-0.4, -0.2) is 29.6 Å². The maximum absolute atomic E-state index is 12.2. The third kappa shape index (κ3) is 3.64. The summed E-state index contributed by atoms with van der Waals surface area (Å²) in [5.41, 5.74) is 1.91. The number of carbonyl (C=O) groups is 1. The fraction of sp³-hybridized carbons (Fsp3) is 0.467. The number of ether oxygens (including phenoxy) is 1. The summed E-state index contributed by atoms with van der Waals surface area (Å²) in [4.78, 5) is 16.6. The van der Waals surface area contributed by atoms with E-state index in [2.05, 4.69) is 16.4 Å². The van der Waals surface area contributed by atoms with Gasteiger partial charge in [0, 0.05) is 12.7 Å². The van der Waals surface area contributed by atoms with Gasteiger partial charge in [0.2, 0.25) is 0 Å². The first-order valence-corrected chi connectivity index (χ1v) is 6.56. The number of esters is 1. The van der Waals surface area contributed by atoms with Crippen LogP contribution in [-0.2, 0) is 4.74 Å². The third-order valence-corrected chi connectivity index (χ3v) is 2.79. The summed E-state index contributed by atoms with van der Waals surface area (Å²) in [5, 5.41) is 3.25. The normalized spacial score (nSPS) is 15.8. The highest BCUT2D eigenvalue weighted by atomic mass is 16.6. The molecule has 1 aliphatic heterocycles. The molecule has 102 valence electrons. The second-order valence-electron chi connectivity index (χ2n) is 5.58. The van der Waals surface area contributed by atoms with E-state index in [4.69, 9.17) is 4.74 Å². The molecule has 4 heteroatoms. The summed E-state index contributed by atoms with van der Waals surface area (Å²) in [6, 6.07) is 3.55. The lowest BCUT2D eigenvalue weighted by Gasteiger charge is -2.21.